The predicted octanol–water partition coefficient (Wildman–Crippen LogP) is 6.57. The second kappa shape index (κ2) is 7.60. The van der Waals surface area contributed by atoms with Gasteiger partial charge in [0.2, 0.25) is 0 Å². The molecule has 0 aliphatic heterocycles. The van der Waals surface area contributed by atoms with Crippen LogP contribution in [-0.2, 0) is 6.42 Å². The van der Waals surface area contributed by atoms with Crippen molar-refractivity contribution in [2.45, 2.75) is 18.7 Å². The largest absolute Gasteiger partial charge is 0.492 e. The van der Waals surface area contributed by atoms with Gasteiger partial charge in [0.05, 0.1) is 17.0 Å². The monoisotopic (exact) mass is 362 g/mol. The summed E-state index contributed by atoms with van der Waals surface area (Å²) in [5, 5.41) is 1.49. The van der Waals surface area contributed by atoms with Crippen LogP contribution < -0.4 is 4.74 Å². The fraction of sp³-hybridized carbons (Fsp3) is 0.250. The standard InChI is InChI=1S/C16H14Cl4O/c1-2-21-16-9-14(19)12(8-15(16)20)13(18)7-10-3-5-11(17)6-4-10/h3-6,8-9,13H,2,7H2,1H3. The first-order valence-electron chi connectivity index (χ1n) is 6.51. The van der Waals surface area contributed by atoms with E-state index < -0.39 is 0 Å². The molecule has 0 saturated carbocycles. The summed E-state index contributed by atoms with van der Waals surface area (Å²) in [7, 11) is 0. The van der Waals surface area contributed by atoms with Crippen molar-refractivity contribution in [3.8, 4) is 5.75 Å². The zero-order valence-electron chi connectivity index (χ0n) is 11.4. The van der Waals surface area contributed by atoms with Gasteiger partial charge in [-0.15, -0.1) is 11.6 Å². The van der Waals surface area contributed by atoms with E-state index in [1.807, 2.05) is 31.2 Å². The summed E-state index contributed by atoms with van der Waals surface area (Å²) in [5.41, 5.74) is 1.88. The average Bonchev–Trinajstić information content (AvgIpc) is 2.45. The fourth-order valence-corrected chi connectivity index (χ4v) is 3.04. The van der Waals surface area contributed by atoms with Gasteiger partial charge in [0.1, 0.15) is 5.75 Å². The second-order valence-electron chi connectivity index (χ2n) is 4.54. The summed E-state index contributed by atoms with van der Waals surface area (Å²) < 4.78 is 5.41. The number of ether oxygens (including phenoxy) is 1. The molecule has 0 spiro atoms. The van der Waals surface area contributed by atoms with Crippen molar-refractivity contribution in [3.63, 3.8) is 0 Å². The van der Waals surface area contributed by atoms with E-state index in [-0.39, 0.29) is 5.38 Å². The molecule has 2 aromatic carbocycles. The highest BCUT2D eigenvalue weighted by Crippen LogP contribution is 2.37. The minimum atomic E-state index is -0.271. The van der Waals surface area contributed by atoms with Crippen LogP contribution in [0.25, 0.3) is 0 Å². The molecule has 0 aromatic heterocycles. The van der Waals surface area contributed by atoms with Gasteiger partial charge >= 0.3 is 0 Å². The molecule has 0 heterocycles. The number of rotatable bonds is 5. The first-order valence-corrected chi connectivity index (χ1v) is 8.08. The predicted molar refractivity (Wildman–Crippen MR) is 91.4 cm³/mol. The summed E-state index contributed by atoms with van der Waals surface area (Å²) in [4.78, 5) is 0. The van der Waals surface area contributed by atoms with E-state index in [9.17, 15) is 0 Å². The second-order valence-corrected chi connectivity index (χ2v) is 6.31. The van der Waals surface area contributed by atoms with Crippen molar-refractivity contribution in [2.75, 3.05) is 6.61 Å². The molecule has 1 unspecified atom stereocenters. The Morgan fingerprint density at radius 2 is 1.67 bits per heavy atom. The van der Waals surface area contributed by atoms with Gasteiger partial charge < -0.3 is 4.74 Å². The van der Waals surface area contributed by atoms with Gasteiger partial charge in [0.15, 0.2) is 0 Å². The number of benzene rings is 2. The summed E-state index contributed by atoms with van der Waals surface area (Å²) in [6.45, 7) is 2.42. The lowest BCUT2D eigenvalue weighted by molar-refractivity contribution is 0.340. The van der Waals surface area contributed by atoms with E-state index in [1.54, 1.807) is 12.1 Å². The van der Waals surface area contributed by atoms with Crippen LogP contribution in [-0.4, -0.2) is 6.61 Å². The van der Waals surface area contributed by atoms with Crippen molar-refractivity contribution in [1.82, 2.24) is 0 Å². The Morgan fingerprint density at radius 1 is 1.00 bits per heavy atom. The Bertz CT molecular complexity index is 610. The van der Waals surface area contributed by atoms with E-state index in [2.05, 4.69) is 0 Å². The Hall–Kier alpha value is -0.600. The first-order chi connectivity index (χ1) is 10.0. The Balaban J connectivity index is 2.20. The van der Waals surface area contributed by atoms with Crippen molar-refractivity contribution >= 4 is 46.4 Å². The molecule has 0 fully saturated rings. The topological polar surface area (TPSA) is 9.23 Å². The molecule has 2 aromatic rings. The van der Waals surface area contributed by atoms with Crippen LogP contribution in [0.15, 0.2) is 36.4 Å². The first kappa shape index (κ1) is 16.8. The van der Waals surface area contributed by atoms with Crippen molar-refractivity contribution < 1.29 is 4.74 Å². The highest BCUT2D eigenvalue weighted by molar-refractivity contribution is 6.35. The maximum Gasteiger partial charge on any atom is 0.139 e. The highest BCUT2D eigenvalue weighted by atomic mass is 35.5. The molecular formula is C16H14Cl4O. The molecule has 112 valence electrons. The lowest BCUT2D eigenvalue weighted by atomic mass is 10.0. The van der Waals surface area contributed by atoms with Gasteiger partial charge in [-0.3, -0.25) is 0 Å². The molecule has 2 rings (SSSR count). The van der Waals surface area contributed by atoms with Crippen LogP contribution in [0.2, 0.25) is 15.1 Å². The third-order valence-electron chi connectivity index (χ3n) is 3.02. The third kappa shape index (κ3) is 4.43. The minimum absolute atomic E-state index is 0.271. The molecule has 1 nitrogen and oxygen atoms in total. The molecule has 0 amide bonds. The van der Waals surface area contributed by atoms with Crippen LogP contribution in [0.1, 0.15) is 23.4 Å². The molecule has 0 aliphatic carbocycles. The van der Waals surface area contributed by atoms with Gasteiger partial charge in [0.25, 0.3) is 0 Å². The fourth-order valence-electron chi connectivity index (χ4n) is 1.99. The number of alkyl halides is 1. The molecule has 0 aliphatic rings. The Labute approximate surface area is 144 Å². The van der Waals surface area contributed by atoms with E-state index >= 15 is 0 Å². The highest BCUT2D eigenvalue weighted by Gasteiger charge is 2.16. The van der Waals surface area contributed by atoms with Crippen molar-refractivity contribution in [2.24, 2.45) is 0 Å². The van der Waals surface area contributed by atoms with Gasteiger partial charge in [0, 0.05) is 16.1 Å². The smallest absolute Gasteiger partial charge is 0.139 e. The summed E-state index contributed by atoms with van der Waals surface area (Å²) >= 11 is 24.8. The maximum absolute atomic E-state index is 6.47. The van der Waals surface area contributed by atoms with E-state index in [0.29, 0.717) is 33.8 Å². The normalized spacial score (nSPS) is 12.2. The lowest BCUT2D eigenvalue weighted by Crippen LogP contribution is -1.99. The lowest BCUT2D eigenvalue weighted by Gasteiger charge is -2.15. The SMILES string of the molecule is CCOc1cc(Cl)c(C(Cl)Cc2ccc(Cl)cc2)cc1Cl. The molecule has 5 heteroatoms. The summed E-state index contributed by atoms with van der Waals surface area (Å²) in [5.74, 6) is 0.572. The van der Waals surface area contributed by atoms with E-state index in [1.165, 1.54) is 0 Å². The van der Waals surface area contributed by atoms with Crippen molar-refractivity contribution in [1.29, 1.82) is 0 Å². The molecule has 0 bridgehead atoms. The molecular weight excluding hydrogens is 350 g/mol. The average molecular weight is 364 g/mol. The number of halogens is 4. The quantitative estimate of drug-likeness (QED) is 0.546. The zero-order valence-corrected chi connectivity index (χ0v) is 14.4. The van der Waals surface area contributed by atoms with Crippen LogP contribution in [0.5, 0.6) is 5.75 Å². The van der Waals surface area contributed by atoms with Gasteiger partial charge in [-0.05, 0) is 42.7 Å². The summed E-state index contributed by atoms with van der Waals surface area (Å²) in [6, 6.07) is 11.0. The molecule has 0 saturated heterocycles. The Morgan fingerprint density at radius 3 is 2.29 bits per heavy atom. The molecule has 21 heavy (non-hydrogen) atoms. The van der Waals surface area contributed by atoms with E-state index in [0.717, 1.165) is 11.1 Å². The molecule has 1 atom stereocenters. The molecule has 0 N–H and O–H groups in total. The molecule has 0 radical (unpaired) electrons. The summed E-state index contributed by atoms with van der Waals surface area (Å²) in [6.07, 6.45) is 0.642. The van der Waals surface area contributed by atoms with Crippen LogP contribution >= 0.6 is 46.4 Å². The third-order valence-corrected chi connectivity index (χ3v) is 4.28. The van der Waals surface area contributed by atoms with Crippen LogP contribution in [0.3, 0.4) is 0 Å². The van der Waals surface area contributed by atoms with Gasteiger partial charge in [-0.25, -0.2) is 0 Å². The van der Waals surface area contributed by atoms with Crippen molar-refractivity contribution in [3.05, 3.63) is 62.6 Å². The number of hydrogen-bond donors (Lipinski definition) is 0. The van der Waals surface area contributed by atoms with E-state index in [4.69, 9.17) is 51.1 Å². The Kier molecular flexibility index (Phi) is 6.07. The van der Waals surface area contributed by atoms with Gasteiger partial charge in [-0.1, -0.05) is 46.9 Å². The number of hydrogen-bond acceptors (Lipinski definition) is 1. The zero-order chi connectivity index (χ0) is 15.4. The van der Waals surface area contributed by atoms with Crippen LogP contribution in [0, 0.1) is 0 Å². The maximum atomic E-state index is 6.47. The van der Waals surface area contributed by atoms with Crippen LogP contribution in [0.4, 0.5) is 0 Å². The van der Waals surface area contributed by atoms with Gasteiger partial charge in [-0.2, -0.15) is 0 Å². The minimum Gasteiger partial charge on any atom is -0.492 e.